The minimum Gasteiger partial charge on any atom is -0.485 e. The molecular formula is C19H19Cl2NO3. The summed E-state index contributed by atoms with van der Waals surface area (Å²) < 4.78 is 5.44. The van der Waals surface area contributed by atoms with Crippen molar-refractivity contribution in [2.75, 3.05) is 11.9 Å². The van der Waals surface area contributed by atoms with E-state index in [0.29, 0.717) is 27.0 Å². The van der Waals surface area contributed by atoms with E-state index in [2.05, 4.69) is 5.32 Å². The van der Waals surface area contributed by atoms with Gasteiger partial charge in [0, 0.05) is 22.7 Å². The maximum Gasteiger partial charge on any atom is 0.229 e. The van der Waals surface area contributed by atoms with E-state index < -0.39 is 5.41 Å². The molecule has 2 rings (SSSR count). The molecule has 0 aromatic heterocycles. The van der Waals surface area contributed by atoms with Gasteiger partial charge in [0.1, 0.15) is 5.75 Å². The molecule has 0 saturated carbocycles. The van der Waals surface area contributed by atoms with Gasteiger partial charge < -0.3 is 10.1 Å². The Morgan fingerprint density at radius 3 is 2.20 bits per heavy atom. The molecule has 0 bridgehead atoms. The Kier molecular flexibility index (Phi) is 6.09. The van der Waals surface area contributed by atoms with Crippen LogP contribution < -0.4 is 10.1 Å². The molecule has 0 fully saturated rings. The summed E-state index contributed by atoms with van der Waals surface area (Å²) in [4.78, 5) is 24.1. The smallest absolute Gasteiger partial charge is 0.229 e. The van der Waals surface area contributed by atoms with Crippen LogP contribution >= 0.6 is 23.2 Å². The van der Waals surface area contributed by atoms with Gasteiger partial charge in [-0.2, -0.15) is 0 Å². The van der Waals surface area contributed by atoms with Gasteiger partial charge in [-0.05, 0) is 36.4 Å². The van der Waals surface area contributed by atoms with Gasteiger partial charge in [0.15, 0.2) is 12.4 Å². The fourth-order valence-electron chi connectivity index (χ4n) is 1.86. The third kappa shape index (κ3) is 5.48. The average molecular weight is 380 g/mol. The normalized spacial score (nSPS) is 11.1. The van der Waals surface area contributed by atoms with Crippen LogP contribution in [0, 0.1) is 5.41 Å². The van der Waals surface area contributed by atoms with Crippen molar-refractivity contribution in [3.8, 4) is 5.75 Å². The minimum absolute atomic E-state index is 0.0884. The third-order valence-electron chi connectivity index (χ3n) is 3.41. The second-order valence-electron chi connectivity index (χ2n) is 6.57. The van der Waals surface area contributed by atoms with E-state index in [4.69, 9.17) is 27.9 Å². The van der Waals surface area contributed by atoms with Crippen LogP contribution in [0.1, 0.15) is 31.1 Å². The molecule has 0 heterocycles. The van der Waals surface area contributed by atoms with Crippen molar-refractivity contribution in [1.29, 1.82) is 0 Å². The summed E-state index contributed by atoms with van der Waals surface area (Å²) in [5.41, 5.74) is 0.651. The quantitative estimate of drug-likeness (QED) is 0.722. The predicted octanol–water partition coefficient (Wildman–Crippen LogP) is 5.24. The summed E-state index contributed by atoms with van der Waals surface area (Å²) in [6.45, 7) is 5.38. The molecule has 0 aliphatic heterocycles. The lowest BCUT2D eigenvalue weighted by Crippen LogP contribution is -2.27. The predicted molar refractivity (Wildman–Crippen MR) is 101 cm³/mol. The van der Waals surface area contributed by atoms with E-state index in [9.17, 15) is 9.59 Å². The molecule has 0 atom stereocenters. The van der Waals surface area contributed by atoms with Crippen LogP contribution in [0.5, 0.6) is 5.75 Å². The highest BCUT2D eigenvalue weighted by Crippen LogP contribution is 2.26. The molecule has 25 heavy (non-hydrogen) atoms. The first-order valence-corrected chi connectivity index (χ1v) is 8.45. The van der Waals surface area contributed by atoms with Crippen LogP contribution in [0.15, 0.2) is 42.5 Å². The zero-order valence-corrected chi connectivity index (χ0v) is 15.7. The Balaban J connectivity index is 1.96. The molecule has 0 aliphatic carbocycles. The van der Waals surface area contributed by atoms with Crippen molar-refractivity contribution in [3.63, 3.8) is 0 Å². The van der Waals surface area contributed by atoms with E-state index in [1.807, 2.05) is 20.8 Å². The standard InChI is InChI=1S/C19H19Cl2NO3/c1-19(2,3)18(24)22-13-6-4-12(5-7-13)17(23)11-25-14-8-9-15(20)16(21)10-14/h4-10H,11H2,1-3H3,(H,22,24). The largest absolute Gasteiger partial charge is 0.485 e. The van der Waals surface area contributed by atoms with Crippen LogP contribution in [-0.4, -0.2) is 18.3 Å². The lowest BCUT2D eigenvalue weighted by Gasteiger charge is -2.17. The highest BCUT2D eigenvalue weighted by atomic mass is 35.5. The van der Waals surface area contributed by atoms with E-state index in [1.54, 1.807) is 42.5 Å². The second kappa shape index (κ2) is 7.89. The van der Waals surface area contributed by atoms with Crippen molar-refractivity contribution in [2.45, 2.75) is 20.8 Å². The van der Waals surface area contributed by atoms with E-state index in [1.165, 1.54) is 0 Å². The van der Waals surface area contributed by atoms with Crippen LogP contribution in [-0.2, 0) is 4.79 Å². The number of ether oxygens (including phenoxy) is 1. The van der Waals surface area contributed by atoms with Crippen LogP contribution in [0.2, 0.25) is 10.0 Å². The lowest BCUT2D eigenvalue weighted by molar-refractivity contribution is -0.123. The average Bonchev–Trinajstić information content (AvgIpc) is 2.55. The SMILES string of the molecule is CC(C)(C)C(=O)Nc1ccc(C(=O)COc2ccc(Cl)c(Cl)c2)cc1. The zero-order chi connectivity index (χ0) is 18.6. The Hall–Kier alpha value is -2.04. The Morgan fingerprint density at radius 1 is 1.00 bits per heavy atom. The number of nitrogens with one attached hydrogen (secondary N) is 1. The van der Waals surface area contributed by atoms with Gasteiger partial charge in [-0.15, -0.1) is 0 Å². The minimum atomic E-state index is -0.484. The van der Waals surface area contributed by atoms with Crippen molar-refractivity contribution < 1.29 is 14.3 Å². The number of hydrogen-bond acceptors (Lipinski definition) is 3. The number of carbonyl (C=O) groups is 2. The van der Waals surface area contributed by atoms with Gasteiger partial charge in [-0.25, -0.2) is 0 Å². The molecule has 1 N–H and O–H groups in total. The molecule has 6 heteroatoms. The van der Waals surface area contributed by atoms with Gasteiger partial charge in [0.25, 0.3) is 0 Å². The lowest BCUT2D eigenvalue weighted by atomic mass is 9.95. The van der Waals surface area contributed by atoms with E-state index in [0.717, 1.165) is 0 Å². The Labute approximate surface area is 157 Å². The summed E-state index contributed by atoms with van der Waals surface area (Å²) in [6, 6.07) is 11.5. The van der Waals surface area contributed by atoms with Crippen LogP contribution in [0.25, 0.3) is 0 Å². The highest BCUT2D eigenvalue weighted by Gasteiger charge is 2.21. The van der Waals surface area contributed by atoms with Gasteiger partial charge in [-0.1, -0.05) is 44.0 Å². The number of hydrogen-bond donors (Lipinski definition) is 1. The number of amides is 1. The molecule has 1 amide bonds. The molecule has 0 saturated heterocycles. The molecular weight excluding hydrogens is 361 g/mol. The summed E-state index contributed by atoms with van der Waals surface area (Å²) in [5.74, 6) is 0.200. The van der Waals surface area contributed by atoms with Gasteiger partial charge in [0.2, 0.25) is 5.91 Å². The van der Waals surface area contributed by atoms with Crippen LogP contribution in [0.3, 0.4) is 0 Å². The number of Topliss-reactive ketones (excluding diaryl/α,β-unsaturated/α-hetero) is 1. The molecule has 0 unspecified atom stereocenters. The van der Waals surface area contributed by atoms with Crippen molar-refractivity contribution in [1.82, 2.24) is 0 Å². The molecule has 4 nitrogen and oxygen atoms in total. The third-order valence-corrected chi connectivity index (χ3v) is 4.15. The fraction of sp³-hybridized carbons (Fsp3) is 0.263. The summed E-state index contributed by atoms with van der Waals surface area (Å²) in [7, 11) is 0. The van der Waals surface area contributed by atoms with Crippen molar-refractivity contribution >= 4 is 40.6 Å². The zero-order valence-electron chi connectivity index (χ0n) is 14.2. The first kappa shape index (κ1) is 19.3. The first-order chi connectivity index (χ1) is 11.7. The van der Waals surface area contributed by atoms with Gasteiger partial charge in [-0.3, -0.25) is 9.59 Å². The number of halogens is 2. The fourth-order valence-corrected chi connectivity index (χ4v) is 2.14. The van der Waals surface area contributed by atoms with Gasteiger partial charge in [0.05, 0.1) is 10.0 Å². The number of ketones is 1. The maximum atomic E-state index is 12.2. The molecule has 0 radical (unpaired) electrons. The van der Waals surface area contributed by atoms with E-state index >= 15 is 0 Å². The van der Waals surface area contributed by atoms with E-state index in [-0.39, 0.29) is 18.3 Å². The molecule has 2 aromatic rings. The molecule has 0 spiro atoms. The molecule has 132 valence electrons. The van der Waals surface area contributed by atoms with Gasteiger partial charge >= 0.3 is 0 Å². The summed E-state index contributed by atoms with van der Waals surface area (Å²) >= 11 is 11.7. The van der Waals surface area contributed by atoms with Crippen molar-refractivity contribution in [2.24, 2.45) is 5.41 Å². The monoisotopic (exact) mass is 379 g/mol. The first-order valence-electron chi connectivity index (χ1n) is 7.69. The number of anilines is 1. The number of carbonyl (C=O) groups excluding carboxylic acids is 2. The molecule has 0 aliphatic rings. The highest BCUT2D eigenvalue weighted by molar-refractivity contribution is 6.42. The number of rotatable bonds is 5. The van der Waals surface area contributed by atoms with Crippen LogP contribution in [0.4, 0.5) is 5.69 Å². The summed E-state index contributed by atoms with van der Waals surface area (Å²) in [5, 5.41) is 3.60. The summed E-state index contributed by atoms with van der Waals surface area (Å²) in [6.07, 6.45) is 0. The second-order valence-corrected chi connectivity index (χ2v) is 7.38. The van der Waals surface area contributed by atoms with Crippen molar-refractivity contribution in [3.05, 3.63) is 58.1 Å². The topological polar surface area (TPSA) is 55.4 Å². The molecule has 2 aromatic carbocycles. The Morgan fingerprint density at radius 2 is 1.64 bits per heavy atom. The Bertz CT molecular complexity index is 780. The number of benzene rings is 2. The maximum absolute atomic E-state index is 12.2.